The van der Waals surface area contributed by atoms with Crippen LogP contribution < -0.4 is 9.44 Å². The third kappa shape index (κ3) is 3.82. The Kier molecular flexibility index (Phi) is 5.19. The summed E-state index contributed by atoms with van der Waals surface area (Å²) in [5.41, 5.74) is 0. The molecule has 0 unspecified atom stereocenters. The van der Waals surface area contributed by atoms with Crippen LogP contribution in [0.25, 0.3) is 0 Å². The van der Waals surface area contributed by atoms with Gasteiger partial charge in [0.25, 0.3) is 20.0 Å². The molecule has 10 nitrogen and oxygen atoms in total. The summed E-state index contributed by atoms with van der Waals surface area (Å²) < 4.78 is 58.4. The first-order valence-corrected chi connectivity index (χ1v) is 11.2. The summed E-state index contributed by atoms with van der Waals surface area (Å²) in [4.78, 5) is 7.73. The maximum Gasteiger partial charge on any atom is 0.274 e. The highest BCUT2D eigenvalue weighted by atomic mass is 32.2. The zero-order chi connectivity index (χ0) is 18.9. The number of nitrogens with zero attached hydrogens (tertiary/aromatic N) is 4. The van der Waals surface area contributed by atoms with Gasteiger partial charge in [-0.3, -0.25) is 0 Å². The Bertz CT molecular complexity index is 899. The van der Waals surface area contributed by atoms with Crippen molar-refractivity contribution in [2.24, 2.45) is 14.1 Å². The van der Waals surface area contributed by atoms with Crippen molar-refractivity contribution in [3.05, 3.63) is 24.8 Å². The molecule has 0 spiro atoms. The molecule has 2 heterocycles. The molecule has 0 bridgehead atoms. The minimum absolute atomic E-state index is 0.103. The van der Waals surface area contributed by atoms with Crippen molar-refractivity contribution in [2.45, 2.75) is 48.1 Å². The van der Waals surface area contributed by atoms with E-state index in [0.717, 1.165) is 12.8 Å². The minimum atomic E-state index is -3.85. The number of aromatic nitrogens is 4. The van der Waals surface area contributed by atoms with Crippen molar-refractivity contribution >= 4 is 20.0 Å². The van der Waals surface area contributed by atoms with E-state index >= 15 is 0 Å². The normalized spacial score (nSPS) is 21.8. The average Bonchev–Trinajstić information content (AvgIpc) is 3.18. The van der Waals surface area contributed by atoms with E-state index in [0.29, 0.717) is 12.8 Å². The zero-order valence-electron chi connectivity index (χ0n) is 14.5. The van der Waals surface area contributed by atoms with Gasteiger partial charge in [0.2, 0.25) is 10.3 Å². The summed E-state index contributed by atoms with van der Waals surface area (Å²) in [6, 6.07) is -1.11. The monoisotopic (exact) mass is 402 g/mol. The van der Waals surface area contributed by atoms with E-state index < -0.39 is 32.1 Å². The van der Waals surface area contributed by atoms with Crippen molar-refractivity contribution in [3.8, 4) is 0 Å². The molecule has 3 rings (SSSR count). The van der Waals surface area contributed by atoms with Gasteiger partial charge in [0.1, 0.15) is 0 Å². The van der Waals surface area contributed by atoms with E-state index in [4.69, 9.17) is 0 Å². The molecule has 1 saturated carbocycles. The molecular weight excluding hydrogens is 380 g/mol. The summed E-state index contributed by atoms with van der Waals surface area (Å²) in [6.45, 7) is 0. The second kappa shape index (κ2) is 7.10. The van der Waals surface area contributed by atoms with Crippen LogP contribution in [-0.4, -0.2) is 48.0 Å². The smallest absolute Gasteiger partial charge is 0.274 e. The average molecular weight is 403 g/mol. The summed E-state index contributed by atoms with van der Waals surface area (Å²) in [5, 5.41) is -0.206. The first kappa shape index (κ1) is 19.0. The Morgan fingerprint density at radius 1 is 0.846 bits per heavy atom. The number of nitrogens with one attached hydrogen (secondary N) is 2. The van der Waals surface area contributed by atoms with Gasteiger partial charge in [-0.2, -0.15) is 0 Å². The molecule has 1 fully saturated rings. The number of rotatable bonds is 6. The summed E-state index contributed by atoms with van der Waals surface area (Å²) >= 11 is 0. The molecule has 2 aromatic rings. The van der Waals surface area contributed by atoms with Crippen LogP contribution >= 0.6 is 0 Å². The van der Waals surface area contributed by atoms with Crippen molar-refractivity contribution in [2.75, 3.05) is 0 Å². The largest absolute Gasteiger partial charge is 0.324 e. The Labute approximate surface area is 152 Å². The number of imidazole rings is 2. The number of aryl methyl sites for hydroxylation is 2. The summed E-state index contributed by atoms with van der Waals surface area (Å²) in [6.07, 6.45) is 8.58. The van der Waals surface area contributed by atoms with Crippen LogP contribution in [0, 0.1) is 0 Å². The fraction of sp³-hybridized carbons (Fsp3) is 0.571. The van der Waals surface area contributed by atoms with Crippen molar-refractivity contribution in [3.63, 3.8) is 0 Å². The van der Waals surface area contributed by atoms with Gasteiger partial charge in [0.15, 0.2) is 0 Å². The fourth-order valence-electron chi connectivity index (χ4n) is 3.14. The second-order valence-corrected chi connectivity index (χ2v) is 9.60. The zero-order valence-corrected chi connectivity index (χ0v) is 16.2. The van der Waals surface area contributed by atoms with Gasteiger partial charge in [0, 0.05) is 51.0 Å². The van der Waals surface area contributed by atoms with E-state index in [1.807, 2.05) is 0 Å². The molecule has 1 aliphatic rings. The van der Waals surface area contributed by atoms with Crippen molar-refractivity contribution in [1.29, 1.82) is 0 Å². The minimum Gasteiger partial charge on any atom is -0.324 e. The first-order chi connectivity index (χ1) is 12.2. The van der Waals surface area contributed by atoms with Crippen LogP contribution in [0.15, 0.2) is 35.1 Å². The van der Waals surface area contributed by atoms with E-state index in [-0.39, 0.29) is 10.3 Å². The predicted octanol–water partition coefficient (Wildman–Crippen LogP) is -0.278. The highest BCUT2D eigenvalue weighted by Crippen LogP contribution is 2.22. The van der Waals surface area contributed by atoms with Crippen LogP contribution in [0.4, 0.5) is 0 Å². The van der Waals surface area contributed by atoms with E-state index in [1.165, 1.54) is 33.9 Å². The van der Waals surface area contributed by atoms with Gasteiger partial charge in [-0.05, 0) is 12.8 Å². The number of hydrogen-bond acceptors (Lipinski definition) is 6. The molecule has 2 aromatic heterocycles. The molecule has 2 atom stereocenters. The Morgan fingerprint density at radius 3 is 1.54 bits per heavy atom. The highest BCUT2D eigenvalue weighted by Gasteiger charge is 2.34. The Morgan fingerprint density at radius 2 is 1.23 bits per heavy atom. The highest BCUT2D eigenvalue weighted by molar-refractivity contribution is 7.89. The predicted molar refractivity (Wildman–Crippen MR) is 93.1 cm³/mol. The topological polar surface area (TPSA) is 128 Å². The summed E-state index contributed by atoms with van der Waals surface area (Å²) in [5.74, 6) is 0. The first-order valence-electron chi connectivity index (χ1n) is 8.20. The third-order valence-electron chi connectivity index (χ3n) is 4.41. The Balaban J connectivity index is 1.81. The molecular formula is C14H22N6O4S2. The Hall–Kier alpha value is -1.76. The van der Waals surface area contributed by atoms with E-state index in [1.54, 1.807) is 14.1 Å². The van der Waals surface area contributed by atoms with Gasteiger partial charge in [-0.15, -0.1) is 0 Å². The molecule has 12 heteroatoms. The second-order valence-electron chi connectivity index (χ2n) is 6.38. The maximum atomic E-state index is 12.6. The maximum absolute atomic E-state index is 12.6. The van der Waals surface area contributed by atoms with Crippen molar-refractivity contribution in [1.82, 2.24) is 28.5 Å². The van der Waals surface area contributed by atoms with Gasteiger partial charge >= 0.3 is 0 Å². The lowest BCUT2D eigenvalue weighted by Crippen LogP contribution is -2.53. The molecule has 1 aliphatic carbocycles. The SMILES string of the molecule is Cn1ccnc1S(=O)(=O)N[C@H]1CCCC[C@@H]1NS(=O)(=O)c1nccn1C. The van der Waals surface area contributed by atoms with Gasteiger partial charge in [-0.25, -0.2) is 36.2 Å². The van der Waals surface area contributed by atoms with Gasteiger partial charge < -0.3 is 9.13 Å². The standard InChI is InChI=1S/C14H22N6O4S2/c1-19-9-7-15-13(19)25(21,22)17-11-5-3-4-6-12(11)18-26(23,24)14-16-8-10-20(14)2/h7-12,17-18H,3-6H2,1-2H3/t11-,12-/m0/s1. The van der Waals surface area contributed by atoms with Crippen LogP contribution in [0.1, 0.15) is 25.7 Å². The molecule has 0 aliphatic heterocycles. The molecule has 0 aromatic carbocycles. The summed E-state index contributed by atoms with van der Waals surface area (Å²) in [7, 11) is -4.53. The van der Waals surface area contributed by atoms with Crippen LogP contribution in [0.5, 0.6) is 0 Å². The lowest BCUT2D eigenvalue weighted by Gasteiger charge is -2.32. The van der Waals surface area contributed by atoms with Crippen LogP contribution in [-0.2, 0) is 34.1 Å². The molecule has 26 heavy (non-hydrogen) atoms. The van der Waals surface area contributed by atoms with Gasteiger partial charge in [0.05, 0.1) is 0 Å². The lowest BCUT2D eigenvalue weighted by molar-refractivity contribution is 0.338. The van der Waals surface area contributed by atoms with Crippen molar-refractivity contribution < 1.29 is 16.8 Å². The van der Waals surface area contributed by atoms with Crippen LogP contribution in [0.2, 0.25) is 0 Å². The van der Waals surface area contributed by atoms with Gasteiger partial charge in [-0.1, -0.05) is 12.8 Å². The third-order valence-corrected chi connectivity index (χ3v) is 7.39. The fourth-order valence-corrected chi connectivity index (χ4v) is 5.99. The lowest BCUT2D eigenvalue weighted by atomic mass is 9.92. The molecule has 0 radical (unpaired) electrons. The van der Waals surface area contributed by atoms with E-state index in [9.17, 15) is 16.8 Å². The van der Waals surface area contributed by atoms with Crippen LogP contribution in [0.3, 0.4) is 0 Å². The molecule has 144 valence electrons. The quantitative estimate of drug-likeness (QED) is 0.684. The number of sulfonamides is 2. The molecule has 2 N–H and O–H groups in total. The number of hydrogen-bond donors (Lipinski definition) is 2. The molecule has 0 saturated heterocycles. The molecule has 0 amide bonds. The van der Waals surface area contributed by atoms with E-state index in [2.05, 4.69) is 19.4 Å².